The normalized spacial score (nSPS) is 11.1. The number of halogens is 4. The molecular weight excluding hydrogens is 383 g/mol. The van der Waals surface area contributed by atoms with E-state index in [0.717, 1.165) is 12.1 Å². The lowest BCUT2D eigenvalue weighted by Crippen LogP contribution is -2.07. The Morgan fingerprint density at radius 2 is 1.81 bits per heavy atom. The minimum absolute atomic E-state index is 0.0262. The molecule has 2 N–H and O–H groups in total. The van der Waals surface area contributed by atoms with Crippen LogP contribution in [0.3, 0.4) is 0 Å². The van der Waals surface area contributed by atoms with Crippen molar-refractivity contribution in [3.8, 4) is 5.75 Å². The number of benzene rings is 2. The van der Waals surface area contributed by atoms with E-state index >= 15 is 0 Å². The van der Waals surface area contributed by atoms with Gasteiger partial charge < -0.3 is 15.4 Å². The largest absolute Gasteiger partial charge is 0.497 e. The Labute approximate surface area is 157 Å². The van der Waals surface area contributed by atoms with E-state index in [0.29, 0.717) is 17.3 Å². The lowest BCUT2D eigenvalue weighted by Gasteiger charge is -2.12. The molecule has 6 nitrogen and oxygen atoms in total. The molecule has 140 valence electrons. The zero-order valence-corrected chi connectivity index (χ0v) is 14.6. The SMILES string of the molecule is COc1cccc(Nc2cnnc(Nc3ccc(Cl)c(C(F)(F)F)c3)n2)c1. The number of alkyl halides is 3. The number of rotatable bonds is 5. The van der Waals surface area contributed by atoms with Crippen LogP contribution in [-0.2, 0) is 6.18 Å². The Hall–Kier alpha value is -3.07. The summed E-state index contributed by atoms with van der Waals surface area (Å²) in [4.78, 5) is 4.18. The van der Waals surface area contributed by atoms with Gasteiger partial charge in [0.05, 0.1) is 23.9 Å². The molecule has 2 aromatic carbocycles. The summed E-state index contributed by atoms with van der Waals surface area (Å²) in [6.07, 6.45) is -3.18. The first kappa shape index (κ1) is 18.7. The zero-order chi connectivity index (χ0) is 19.4. The molecule has 0 aliphatic heterocycles. The maximum Gasteiger partial charge on any atom is 0.417 e. The Morgan fingerprint density at radius 3 is 2.56 bits per heavy atom. The molecule has 0 bridgehead atoms. The van der Waals surface area contributed by atoms with Crippen LogP contribution in [0.1, 0.15) is 5.56 Å². The summed E-state index contributed by atoms with van der Waals surface area (Å²) < 4.78 is 44.0. The number of ether oxygens (including phenoxy) is 1. The lowest BCUT2D eigenvalue weighted by atomic mass is 10.2. The molecule has 0 spiro atoms. The second-order valence-corrected chi connectivity index (χ2v) is 5.75. The van der Waals surface area contributed by atoms with Crippen molar-refractivity contribution in [3.05, 3.63) is 59.2 Å². The third-order valence-electron chi connectivity index (χ3n) is 3.43. The molecule has 3 aromatic rings. The Kier molecular flexibility index (Phi) is 5.31. The van der Waals surface area contributed by atoms with Crippen LogP contribution in [0.2, 0.25) is 5.02 Å². The predicted molar refractivity (Wildman–Crippen MR) is 95.8 cm³/mol. The van der Waals surface area contributed by atoms with Crippen LogP contribution in [0, 0.1) is 0 Å². The number of aromatic nitrogens is 3. The third kappa shape index (κ3) is 4.76. The van der Waals surface area contributed by atoms with E-state index in [9.17, 15) is 13.2 Å². The molecule has 1 heterocycles. The second-order valence-electron chi connectivity index (χ2n) is 5.34. The highest BCUT2D eigenvalue weighted by atomic mass is 35.5. The highest BCUT2D eigenvalue weighted by molar-refractivity contribution is 6.31. The van der Waals surface area contributed by atoms with Gasteiger partial charge in [-0.1, -0.05) is 17.7 Å². The van der Waals surface area contributed by atoms with Crippen LogP contribution in [0.25, 0.3) is 0 Å². The van der Waals surface area contributed by atoms with Gasteiger partial charge in [-0.3, -0.25) is 0 Å². The average Bonchev–Trinajstić information content (AvgIpc) is 2.63. The van der Waals surface area contributed by atoms with E-state index in [1.165, 1.54) is 12.3 Å². The highest BCUT2D eigenvalue weighted by Gasteiger charge is 2.33. The number of methoxy groups -OCH3 is 1. The molecule has 27 heavy (non-hydrogen) atoms. The van der Waals surface area contributed by atoms with Crippen molar-refractivity contribution in [2.45, 2.75) is 6.18 Å². The smallest absolute Gasteiger partial charge is 0.417 e. The summed E-state index contributed by atoms with van der Waals surface area (Å²) in [7, 11) is 1.55. The van der Waals surface area contributed by atoms with Crippen molar-refractivity contribution in [2.24, 2.45) is 0 Å². The molecule has 0 aliphatic rings. The molecule has 3 rings (SSSR count). The fourth-order valence-electron chi connectivity index (χ4n) is 2.21. The maximum atomic E-state index is 13.0. The minimum Gasteiger partial charge on any atom is -0.497 e. The van der Waals surface area contributed by atoms with Gasteiger partial charge in [0, 0.05) is 17.4 Å². The number of hydrogen-bond acceptors (Lipinski definition) is 6. The standard InChI is InChI=1S/C17H13ClF3N5O/c1-27-12-4-2-3-10(7-12)23-15-9-22-26-16(25-15)24-11-5-6-14(18)13(8-11)17(19,20)21/h2-9H,1H3,(H2,23,24,25,26). The van der Waals surface area contributed by atoms with E-state index in [2.05, 4.69) is 25.8 Å². The molecule has 0 amide bonds. The van der Waals surface area contributed by atoms with E-state index in [-0.39, 0.29) is 16.7 Å². The van der Waals surface area contributed by atoms with Crippen molar-refractivity contribution in [3.63, 3.8) is 0 Å². The van der Waals surface area contributed by atoms with Gasteiger partial charge >= 0.3 is 6.18 Å². The van der Waals surface area contributed by atoms with Crippen LogP contribution in [0.15, 0.2) is 48.7 Å². The number of hydrogen-bond donors (Lipinski definition) is 2. The quantitative estimate of drug-likeness (QED) is 0.630. The van der Waals surface area contributed by atoms with Crippen molar-refractivity contribution in [1.82, 2.24) is 15.2 Å². The summed E-state index contributed by atoms with van der Waals surface area (Å²) in [6, 6.07) is 10.6. The monoisotopic (exact) mass is 395 g/mol. The molecule has 0 radical (unpaired) electrons. The molecule has 0 fully saturated rings. The van der Waals surface area contributed by atoms with Gasteiger partial charge in [-0.25, -0.2) is 0 Å². The fraction of sp³-hybridized carbons (Fsp3) is 0.118. The topological polar surface area (TPSA) is 72.0 Å². The van der Waals surface area contributed by atoms with Crippen LogP contribution in [-0.4, -0.2) is 22.3 Å². The Balaban J connectivity index is 1.80. The second kappa shape index (κ2) is 7.67. The van der Waals surface area contributed by atoms with E-state index in [1.807, 2.05) is 0 Å². The van der Waals surface area contributed by atoms with Crippen molar-refractivity contribution in [1.29, 1.82) is 0 Å². The molecule has 10 heteroatoms. The van der Waals surface area contributed by atoms with Crippen LogP contribution in [0.5, 0.6) is 5.75 Å². The highest BCUT2D eigenvalue weighted by Crippen LogP contribution is 2.36. The van der Waals surface area contributed by atoms with Gasteiger partial charge in [-0.15, -0.1) is 5.10 Å². The van der Waals surface area contributed by atoms with Crippen LogP contribution < -0.4 is 15.4 Å². The van der Waals surface area contributed by atoms with E-state index in [1.54, 1.807) is 31.4 Å². The first-order chi connectivity index (χ1) is 12.8. The Bertz CT molecular complexity index is 952. The van der Waals surface area contributed by atoms with Gasteiger partial charge in [0.25, 0.3) is 0 Å². The van der Waals surface area contributed by atoms with Gasteiger partial charge in [0.15, 0.2) is 5.82 Å². The molecule has 0 unspecified atom stereocenters. The summed E-state index contributed by atoms with van der Waals surface area (Å²) >= 11 is 5.61. The molecule has 1 aromatic heterocycles. The molecule has 0 saturated heterocycles. The van der Waals surface area contributed by atoms with Crippen molar-refractivity contribution < 1.29 is 17.9 Å². The molecule has 0 atom stereocenters. The van der Waals surface area contributed by atoms with Gasteiger partial charge in [-0.2, -0.15) is 23.3 Å². The first-order valence-corrected chi connectivity index (χ1v) is 7.97. The number of anilines is 4. The van der Waals surface area contributed by atoms with E-state index in [4.69, 9.17) is 16.3 Å². The van der Waals surface area contributed by atoms with Gasteiger partial charge in [0.2, 0.25) is 5.95 Å². The molecule has 0 aliphatic carbocycles. The van der Waals surface area contributed by atoms with Crippen molar-refractivity contribution in [2.75, 3.05) is 17.7 Å². The predicted octanol–water partition coefficient (Wildman–Crippen LogP) is 5.04. The summed E-state index contributed by atoms with van der Waals surface area (Å²) in [6.45, 7) is 0. The van der Waals surface area contributed by atoms with E-state index < -0.39 is 11.7 Å². The summed E-state index contributed by atoms with van der Waals surface area (Å²) in [5, 5.41) is 12.9. The number of nitrogens with zero attached hydrogens (tertiary/aromatic N) is 3. The fourth-order valence-corrected chi connectivity index (χ4v) is 2.44. The average molecular weight is 396 g/mol. The van der Waals surface area contributed by atoms with Crippen LogP contribution in [0.4, 0.5) is 36.3 Å². The van der Waals surface area contributed by atoms with Gasteiger partial charge in [0.1, 0.15) is 5.75 Å². The van der Waals surface area contributed by atoms with Crippen LogP contribution >= 0.6 is 11.6 Å². The van der Waals surface area contributed by atoms with Crippen molar-refractivity contribution >= 4 is 34.7 Å². The minimum atomic E-state index is -4.57. The Morgan fingerprint density at radius 1 is 1.04 bits per heavy atom. The summed E-state index contributed by atoms with van der Waals surface area (Å²) in [5.74, 6) is 1.03. The number of nitrogens with one attached hydrogen (secondary N) is 2. The molecule has 0 saturated carbocycles. The third-order valence-corrected chi connectivity index (χ3v) is 3.76. The zero-order valence-electron chi connectivity index (χ0n) is 13.9. The summed E-state index contributed by atoms with van der Waals surface area (Å²) in [5.41, 5.74) is -0.119. The van der Waals surface area contributed by atoms with Gasteiger partial charge in [-0.05, 0) is 30.3 Å². The maximum absolute atomic E-state index is 13.0. The molecular formula is C17H13ClF3N5O. The first-order valence-electron chi connectivity index (χ1n) is 7.60. The lowest BCUT2D eigenvalue weighted by molar-refractivity contribution is -0.137.